The van der Waals surface area contributed by atoms with Gasteiger partial charge < -0.3 is 4.57 Å². The molecule has 0 spiro atoms. The van der Waals surface area contributed by atoms with Gasteiger partial charge in [0.25, 0.3) is 0 Å². The zero-order valence-electron chi connectivity index (χ0n) is 9.84. The van der Waals surface area contributed by atoms with Crippen LogP contribution in [0.4, 0.5) is 5.69 Å². The van der Waals surface area contributed by atoms with Crippen LogP contribution in [0.2, 0.25) is 0 Å². The normalized spacial score (nSPS) is 13.8. The molecule has 0 N–H and O–H groups in total. The topological polar surface area (TPSA) is 30.2 Å². The Labute approximate surface area is 105 Å². The zero-order valence-corrected chi connectivity index (χ0v) is 10.7. The molecule has 2 heterocycles. The van der Waals surface area contributed by atoms with Gasteiger partial charge in [-0.25, -0.2) is 9.98 Å². The molecule has 2 aromatic rings. The van der Waals surface area contributed by atoms with Gasteiger partial charge in [0.05, 0.1) is 23.3 Å². The van der Waals surface area contributed by atoms with Crippen molar-refractivity contribution in [3.05, 3.63) is 41.5 Å². The summed E-state index contributed by atoms with van der Waals surface area (Å²) in [7, 11) is 0. The van der Waals surface area contributed by atoms with Crippen LogP contribution in [0.25, 0.3) is 5.69 Å². The van der Waals surface area contributed by atoms with E-state index in [1.54, 1.807) is 11.8 Å². The van der Waals surface area contributed by atoms with Crippen LogP contribution in [-0.4, -0.2) is 15.1 Å². The maximum absolute atomic E-state index is 4.45. The molecule has 17 heavy (non-hydrogen) atoms. The first-order chi connectivity index (χ1) is 8.24. The summed E-state index contributed by atoms with van der Waals surface area (Å²) in [6.45, 7) is 4.11. The predicted octanol–water partition coefficient (Wildman–Crippen LogP) is 3.40. The fourth-order valence-electron chi connectivity index (χ4n) is 2.06. The van der Waals surface area contributed by atoms with Crippen molar-refractivity contribution in [2.45, 2.75) is 19.6 Å². The highest BCUT2D eigenvalue weighted by Crippen LogP contribution is 2.33. The number of benzene rings is 1. The van der Waals surface area contributed by atoms with Gasteiger partial charge in [-0.1, -0.05) is 0 Å². The summed E-state index contributed by atoms with van der Waals surface area (Å²) in [5, 5.41) is 0. The van der Waals surface area contributed by atoms with Gasteiger partial charge in [0.2, 0.25) is 0 Å². The van der Waals surface area contributed by atoms with Crippen LogP contribution in [0.15, 0.2) is 29.6 Å². The minimum absolute atomic E-state index is 1.00. The number of aromatic nitrogens is 2. The van der Waals surface area contributed by atoms with Crippen LogP contribution in [0.5, 0.6) is 0 Å². The molecular formula is C13H13N3S. The Balaban J connectivity index is 2.14. The molecule has 3 rings (SSSR count). The van der Waals surface area contributed by atoms with E-state index < -0.39 is 0 Å². The average molecular weight is 243 g/mol. The molecule has 0 atom stereocenters. The third kappa shape index (κ3) is 1.89. The minimum Gasteiger partial charge on any atom is -0.306 e. The third-order valence-corrected chi connectivity index (χ3v) is 3.60. The first-order valence-electron chi connectivity index (χ1n) is 5.52. The maximum Gasteiger partial charge on any atom is 0.0995 e. The van der Waals surface area contributed by atoms with Gasteiger partial charge in [-0.05, 0) is 37.1 Å². The van der Waals surface area contributed by atoms with E-state index in [0.29, 0.717) is 0 Å². The fraction of sp³-hybridized carbons (Fsp3) is 0.231. The number of rotatable bonds is 1. The summed E-state index contributed by atoms with van der Waals surface area (Å²) >= 11 is 1.74. The molecule has 1 aliphatic rings. The SMILES string of the molecule is Cc1cn(-c2cc(C)c3c(c2)CSC=N3)cn1. The van der Waals surface area contributed by atoms with Crippen LogP contribution in [-0.2, 0) is 5.75 Å². The van der Waals surface area contributed by atoms with Crippen LogP contribution < -0.4 is 0 Å². The van der Waals surface area contributed by atoms with E-state index in [0.717, 1.165) is 17.1 Å². The van der Waals surface area contributed by atoms with Crippen molar-refractivity contribution >= 4 is 23.0 Å². The summed E-state index contributed by atoms with van der Waals surface area (Å²) in [6.07, 6.45) is 3.90. The number of hydrogen-bond acceptors (Lipinski definition) is 3. The molecule has 4 heteroatoms. The number of imidazole rings is 1. The molecule has 0 aliphatic carbocycles. The minimum atomic E-state index is 1.00. The Morgan fingerprint density at radius 1 is 1.29 bits per heavy atom. The maximum atomic E-state index is 4.45. The Morgan fingerprint density at radius 2 is 2.18 bits per heavy atom. The number of fused-ring (bicyclic) bond motifs is 1. The summed E-state index contributed by atoms with van der Waals surface area (Å²) in [6, 6.07) is 4.36. The molecule has 0 unspecified atom stereocenters. The van der Waals surface area contributed by atoms with Gasteiger partial charge in [0, 0.05) is 17.6 Å². The molecule has 1 aliphatic heterocycles. The second-order valence-electron chi connectivity index (χ2n) is 4.24. The van der Waals surface area contributed by atoms with E-state index in [4.69, 9.17) is 0 Å². The number of aryl methyl sites for hydroxylation is 2. The number of nitrogens with zero attached hydrogens (tertiary/aromatic N) is 3. The first kappa shape index (κ1) is 10.6. The van der Waals surface area contributed by atoms with Crippen molar-refractivity contribution < 1.29 is 0 Å². The lowest BCUT2D eigenvalue weighted by Crippen LogP contribution is -1.97. The smallest absolute Gasteiger partial charge is 0.0995 e. The first-order valence-corrected chi connectivity index (χ1v) is 6.57. The average Bonchev–Trinajstić information content (AvgIpc) is 2.76. The van der Waals surface area contributed by atoms with Gasteiger partial charge >= 0.3 is 0 Å². The monoisotopic (exact) mass is 243 g/mol. The highest BCUT2D eigenvalue weighted by atomic mass is 32.2. The summed E-state index contributed by atoms with van der Waals surface area (Å²) < 4.78 is 2.06. The molecule has 0 fully saturated rings. The standard InChI is InChI=1S/C13H13N3S/c1-9-3-12(16-5-10(2)14-7-16)4-11-6-17-8-15-13(9)11/h3-5,7-8H,6H2,1-2H3. The molecule has 0 bridgehead atoms. The Hall–Kier alpha value is -1.55. The van der Waals surface area contributed by atoms with E-state index in [1.165, 1.54) is 16.8 Å². The lowest BCUT2D eigenvalue weighted by molar-refractivity contribution is 1.05. The predicted molar refractivity (Wildman–Crippen MR) is 72.5 cm³/mol. The lowest BCUT2D eigenvalue weighted by Gasteiger charge is -2.14. The highest BCUT2D eigenvalue weighted by Gasteiger charge is 2.11. The lowest BCUT2D eigenvalue weighted by atomic mass is 10.1. The molecule has 1 aromatic heterocycles. The zero-order chi connectivity index (χ0) is 11.8. The van der Waals surface area contributed by atoms with Gasteiger partial charge in [-0.3, -0.25) is 0 Å². The van der Waals surface area contributed by atoms with Gasteiger partial charge in [0.1, 0.15) is 0 Å². The van der Waals surface area contributed by atoms with Crippen molar-refractivity contribution in [3.63, 3.8) is 0 Å². The largest absolute Gasteiger partial charge is 0.306 e. The van der Waals surface area contributed by atoms with E-state index in [-0.39, 0.29) is 0 Å². The van der Waals surface area contributed by atoms with Crippen molar-refractivity contribution in [2.24, 2.45) is 4.99 Å². The quantitative estimate of drug-likeness (QED) is 0.768. The summed E-state index contributed by atoms with van der Waals surface area (Å²) in [4.78, 5) is 8.71. The van der Waals surface area contributed by atoms with Gasteiger partial charge in [-0.15, -0.1) is 11.8 Å². The van der Waals surface area contributed by atoms with Crippen molar-refractivity contribution in [2.75, 3.05) is 0 Å². The number of aliphatic imine (C=N–C) groups is 1. The van der Waals surface area contributed by atoms with Crippen LogP contribution in [0.1, 0.15) is 16.8 Å². The van der Waals surface area contributed by atoms with Crippen LogP contribution >= 0.6 is 11.8 Å². The van der Waals surface area contributed by atoms with E-state index >= 15 is 0 Å². The van der Waals surface area contributed by atoms with E-state index in [2.05, 4.69) is 33.6 Å². The second kappa shape index (κ2) is 4.04. The van der Waals surface area contributed by atoms with E-state index in [1.807, 2.05) is 25.0 Å². The number of hydrogen-bond donors (Lipinski definition) is 0. The van der Waals surface area contributed by atoms with Crippen LogP contribution in [0, 0.1) is 13.8 Å². The molecule has 0 amide bonds. The summed E-state index contributed by atoms with van der Waals surface area (Å²) in [5.41, 5.74) is 7.78. The molecule has 86 valence electrons. The molecule has 1 aromatic carbocycles. The second-order valence-corrected chi connectivity index (χ2v) is 5.07. The molecule has 0 saturated heterocycles. The molecule has 3 nitrogen and oxygen atoms in total. The third-order valence-electron chi connectivity index (χ3n) is 2.87. The number of thioether (sulfide) groups is 1. The van der Waals surface area contributed by atoms with Crippen molar-refractivity contribution in [1.29, 1.82) is 0 Å². The molecular weight excluding hydrogens is 230 g/mol. The molecule has 0 saturated carbocycles. The highest BCUT2D eigenvalue weighted by molar-refractivity contribution is 8.11. The van der Waals surface area contributed by atoms with Crippen molar-refractivity contribution in [1.82, 2.24) is 9.55 Å². The fourth-order valence-corrected chi connectivity index (χ4v) is 2.71. The Kier molecular flexibility index (Phi) is 2.52. The Morgan fingerprint density at radius 3 is 2.94 bits per heavy atom. The Bertz CT molecular complexity index is 599. The summed E-state index contributed by atoms with van der Waals surface area (Å²) in [5.74, 6) is 1.00. The van der Waals surface area contributed by atoms with E-state index in [9.17, 15) is 0 Å². The molecule has 0 radical (unpaired) electrons. The van der Waals surface area contributed by atoms with Gasteiger partial charge in [-0.2, -0.15) is 0 Å². The van der Waals surface area contributed by atoms with Gasteiger partial charge in [0.15, 0.2) is 0 Å². The van der Waals surface area contributed by atoms with Crippen LogP contribution in [0.3, 0.4) is 0 Å². The van der Waals surface area contributed by atoms with Crippen molar-refractivity contribution in [3.8, 4) is 5.69 Å².